The first-order valence-electron chi connectivity index (χ1n) is 7.58. The van der Waals surface area contributed by atoms with Crippen LogP contribution in [0.25, 0.3) is 0 Å². The molecule has 0 bridgehead atoms. The Morgan fingerprint density at radius 3 is 2.84 bits per heavy atom. The average Bonchev–Trinajstić information content (AvgIpc) is 3.04. The Hall–Kier alpha value is -0.350. The van der Waals surface area contributed by atoms with Gasteiger partial charge in [0.25, 0.3) is 0 Å². The monoisotopic (exact) mass is 327 g/mol. The van der Waals surface area contributed by atoms with Gasteiger partial charge in [0.05, 0.1) is 11.7 Å². The Balaban J connectivity index is 1.72. The minimum atomic E-state index is 0.665. The van der Waals surface area contributed by atoms with Crippen molar-refractivity contribution in [2.24, 2.45) is 0 Å². The number of unbranched alkanes of at least 4 members (excludes halogenated alkanes) is 2. The van der Waals surface area contributed by atoms with Crippen LogP contribution >= 0.6 is 15.9 Å². The molecule has 0 spiro atoms. The van der Waals surface area contributed by atoms with Crippen LogP contribution < -0.4 is 0 Å². The number of rotatable bonds is 8. The van der Waals surface area contributed by atoms with Crippen LogP contribution in [0.1, 0.15) is 56.7 Å². The Morgan fingerprint density at radius 2 is 2.11 bits per heavy atom. The second-order valence-corrected chi connectivity index (χ2v) is 6.51. The van der Waals surface area contributed by atoms with Crippen LogP contribution in [0.2, 0.25) is 0 Å². The summed E-state index contributed by atoms with van der Waals surface area (Å²) in [5.41, 5.74) is 1.22. The average molecular weight is 328 g/mol. The van der Waals surface area contributed by atoms with Gasteiger partial charge in [-0.3, -0.25) is 4.68 Å². The molecule has 4 heteroatoms. The summed E-state index contributed by atoms with van der Waals surface area (Å²) >= 11 is 3.48. The van der Waals surface area contributed by atoms with E-state index in [1.165, 1.54) is 57.2 Å². The lowest BCUT2D eigenvalue weighted by atomic mass is 10.2. The van der Waals surface area contributed by atoms with Crippen molar-refractivity contribution in [2.45, 2.75) is 57.5 Å². The summed E-state index contributed by atoms with van der Waals surface area (Å²) in [7, 11) is 2.20. The lowest BCUT2D eigenvalue weighted by molar-refractivity contribution is 0.312. The maximum absolute atomic E-state index is 4.74. The van der Waals surface area contributed by atoms with E-state index in [0.29, 0.717) is 6.04 Å². The molecule has 0 atom stereocenters. The molecular weight excluding hydrogens is 302 g/mol. The molecule has 0 amide bonds. The van der Waals surface area contributed by atoms with Gasteiger partial charge in [0.1, 0.15) is 0 Å². The Bertz CT molecular complexity index is 358. The quantitative estimate of drug-likeness (QED) is 0.531. The van der Waals surface area contributed by atoms with Crippen LogP contribution in [0.15, 0.2) is 12.3 Å². The smallest absolute Gasteiger partial charge is 0.0764 e. The summed E-state index contributed by atoms with van der Waals surface area (Å²) < 4.78 is 2.20. The predicted molar refractivity (Wildman–Crippen MR) is 83.7 cm³/mol. The van der Waals surface area contributed by atoms with Crippen LogP contribution in [0.4, 0.5) is 0 Å². The third-order valence-electron chi connectivity index (χ3n) is 3.97. The zero-order valence-corrected chi connectivity index (χ0v) is 13.6. The van der Waals surface area contributed by atoms with Gasteiger partial charge in [-0.15, -0.1) is 0 Å². The molecule has 19 heavy (non-hydrogen) atoms. The zero-order valence-electron chi connectivity index (χ0n) is 12.0. The first-order chi connectivity index (χ1) is 9.29. The molecule has 1 aliphatic carbocycles. The molecule has 0 N–H and O–H groups in total. The highest BCUT2D eigenvalue weighted by molar-refractivity contribution is 9.09. The molecule has 1 saturated carbocycles. The van der Waals surface area contributed by atoms with Crippen LogP contribution in [0, 0.1) is 0 Å². The Kier molecular flexibility index (Phi) is 6.38. The Morgan fingerprint density at radius 1 is 1.32 bits per heavy atom. The normalized spacial score (nSPS) is 16.6. The van der Waals surface area contributed by atoms with Crippen LogP contribution in [0.5, 0.6) is 0 Å². The van der Waals surface area contributed by atoms with E-state index >= 15 is 0 Å². The van der Waals surface area contributed by atoms with E-state index in [1.54, 1.807) is 0 Å². The standard InChI is InChI=1S/C15H26BrN3/c1-18(11-6-2-5-10-16)13-14-9-12-19(17-14)15-7-3-4-8-15/h9,12,15H,2-8,10-11,13H2,1H3. The van der Waals surface area contributed by atoms with Crippen molar-refractivity contribution < 1.29 is 0 Å². The number of halogens is 1. The van der Waals surface area contributed by atoms with Crippen molar-refractivity contribution in [3.63, 3.8) is 0 Å². The van der Waals surface area contributed by atoms with Gasteiger partial charge in [0.2, 0.25) is 0 Å². The molecule has 1 heterocycles. The van der Waals surface area contributed by atoms with E-state index in [4.69, 9.17) is 5.10 Å². The predicted octanol–water partition coefficient (Wildman–Crippen LogP) is 4.00. The SMILES string of the molecule is CN(CCCCCBr)Cc1ccn(C2CCCC2)n1. The number of nitrogens with zero attached hydrogens (tertiary/aromatic N) is 3. The second kappa shape index (κ2) is 8.05. The lowest BCUT2D eigenvalue weighted by Crippen LogP contribution is -2.19. The van der Waals surface area contributed by atoms with Crippen LogP contribution in [0.3, 0.4) is 0 Å². The first-order valence-corrected chi connectivity index (χ1v) is 8.70. The molecule has 3 nitrogen and oxygen atoms in total. The van der Waals surface area contributed by atoms with Gasteiger partial charge >= 0.3 is 0 Å². The number of hydrogen-bond donors (Lipinski definition) is 0. The van der Waals surface area contributed by atoms with Gasteiger partial charge in [0.15, 0.2) is 0 Å². The van der Waals surface area contributed by atoms with Gasteiger partial charge in [-0.25, -0.2) is 0 Å². The summed E-state index contributed by atoms with van der Waals surface area (Å²) in [6, 6.07) is 2.85. The van der Waals surface area contributed by atoms with Crippen molar-refractivity contribution in [1.82, 2.24) is 14.7 Å². The molecule has 2 rings (SSSR count). The molecule has 1 aromatic rings. The fourth-order valence-electron chi connectivity index (χ4n) is 2.84. The molecular formula is C15H26BrN3. The number of hydrogen-bond acceptors (Lipinski definition) is 2. The van der Waals surface area contributed by atoms with Crippen LogP contribution in [-0.2, 0) is 6.54 Å². The van der Waals surface area contributed by atoms with Crippen molar-refractivity contribution in [3.8, 4) is 0 Å². The minimum absolute atomic E-state index is 0.665. The van der Waals surface area contributed by atoms with E-state index in [0.717, 1.165) is 11.9 Å². The van der Waals surface area contributed by atoms with Gasteiger partial charge in [-0.2, -0.15) is 5.10 Å². The molecule has 1 aliphatic rings. The third kappa shape index (κ3) is 4.92. The molecule has 1 fully saturated rings. The molecule has 0 unspecified atom stereocenters. The van der Waals surface area contributed by atoms with Crippen LogP contribution in [-0.4, -0.2) is 33.6 Å². The summed E-state index contributed by atoms with van der Waals surface area (Å²) in [4.78, 5) is 2.38. The highest BCUT2D eigenvalue weighted by Crippen LogP contribution is 2.28. The summed E-state index contributed by atoms with van der Waals surface area (Å²) in [5.74, 6) is 0. The van der Waals surface area contributed by atoms with E-state index in [9.17, 15) is 0 Å². The highest BCUT2D eigenvalue weighted by Gasteiger charge is 2.17. The maximum atomic E-state index is 4.74. The van der Waals surface area contributed by atoms with Gasteiger partial charge < -0.3 is 4.90 Å². The Labute approximate surface area is 125 Å². The van der Waals surface area contributed by atoms with Crippen molar-refractivity contribution >= 4 is 15.9 Å². The molecule has 108 valence electrons. The summed E-state index contributed by atoms with van der Waals surface area (Å²) in [6.07, 6.45) is 11.4. The summed E-state index contributed by atoms with van der Waals surface area (Å²) in [6.45, 7) is 2.15. The summed E-state index contributed by atoms with van der Waals surface area (Å²) in [5, 5.41) is 5.87. The van der Waals surface area contributed by atoms with E-state index in [1.807, 2.05) is 0 Å². The van der Waals surface area contributed by atoms with Crippen molar-refractivity contribution in [1.29, 1.82) is 0 Å². The molecule has 1 aromatic heterocycles. The van der Waals surface area contributed by atoms with Gasteiger partial charge in [0, 0.05) is 18.1 Å². The number of aromatic nitrogens is 2. The molecule has 0 radical (unpaired) electrons. The fraction of sp³-hybridized carbons (Fsp3) is 0.800. The van der Waals surface area contributed by atoms with E-state index in [-0.39, 0.29) is 0 Å². The zero-order chi connectivity index (χ0) is 13.5. The van der Waals surface area contributed by atoms with Gasteiger partial charge in [-0.1, -0.05) is 35.2 Å². The lowest BCUT2D eigenvalue weighted by Gasteiger charge is -2.15. The fourth-order valence-corrected chi connectivity index (χ4v) is 3.24. The minimum Gasteiger partial charge on any atom is -0.300 e. The van der Waals surface area contributed by atoms with E-state index < -0.39 is 0 Å². The second-order valence-electron chi connectivity index (χ2n) is 5.71. The van der Waals surface area contributed by atoms with Gasteiger partial charge in [-0.05, 0) is 45.3 Å². The highest BCUT2D eigenvalue weighted by atomic mass is 79.9. The first kappa shape index (κ1) is 15.0. The van der Waals surface area contributed by atoms with E-state index in [2.05, 4.69) is 44.8 Å². The van der Waals surface area contributed by atoms with Crippen molar-refractivity contribution in [3.05, 3.63) is 18.0 Å². The van der Waals surface area contributed by atoms with Crippen molar-refractivity contribution in [2.75, 3.05) is 18.9 Å². The molecule has 0 saturated heterocycles. The topological polar surface area (TPSA) is 21.1 Å². The third-order valence-corrected chi connectivity index (χ3v) is 4.53. The largest absolute Gasteiger partial charge is 0.300 e. The molecule has 0 aromatic carbocycles. The number of alkyl halides is 1. The molecule has 0 aliphatic heterocycles. The maximum Gasteiger partial charge on any atom is 0.0764 e.